The summed E-state index contributed by atoms with van der Waals surface area (Å²) in [7, 11) is 0. The second-order valence-corrected chi connectivity index (χ2v) is 1.83. The molecular weight excluding hydrogens is 110 g/mol. The first-order valence-corrected chi connectivity index (χ1v) is 2.29. The highest BCUT2D eigenvalue weighted by Gasteiger charge is 2.53. The number of hydrogen-bond acceptors (Lipinski definition) is 3. The van der Waals surface area contributed by atoms with Crippen molar-refractivity contribution in [1.29, 1.82) is 0 Å². The molecule has 8 heavy (non-hydrogen) atoms. The molecule has 0 aromatic carbocycles. The molecule has 4 nitrogen and oxygen atoms in total. The Morgan fingerprint density at radius 2 is 2.38 bits per heavy atom. The number of hydrogen-bond donors (Lipinski definition) is 0. The lowest BCUT2D eigenvalue weighted by atomic mass is 10.1. The van der Waals surface area contributed by atoms with Gasteiger partial charge in [-0.25, -0.2) is 4.79 Å². The summed E-state index contributed by atoms with van der Waals surface area (Å²) in [5.74, 6) is 0.00426. The van der Waals surface area contributed by atoms with Crippen LogP contribution in [0.4, 0.5) is 4.79 Å². The second kappa shape index (κ2) is 0.866. The minimum atomic E-state index is -0.498. The average molecular weight is 113 g/mol. The maximum Gasteiger partial charge on any atom is 0.415 e. The number of carbonyl (C=O) groups excluding carboxylic acids is 2. The fourth-order valence-corrected chi connectivity index (χ4v) is 0.794. The SMILES string of the molecule is O=C1CN2C(=O)OC12. The van der Waals surface area contributed by atoms with E-state index in [9.17, 15) is 9.59 Å². The molecule has 2 heterocycles. The molecule has 2 fully saturated rings. The van der Waals surface area contributed by atoms with Crippen LogP contribution in [0.15, 0.2) is 0 Å². The lowest BCUT2D eigenvalue weighted by molar-refractivity contribution is -0.178. The fraction of sp³-hybridized carbons (Fsp3) is 0.500. The van der Waals surface area contributed by atoms with Crippen LogP contribution < -0.4 is 0 Å². The van der Waals surface area contributed by atoms with Crippen LogP contribution in [0.3, 0.4) is 0 Å². The Morgan fingerprint density at radius 3 is 2.50 bits per heavy atom. The third-order valence-electron chi connectivity index (χ3n) is 1.33. The van der Waals surface area contributed by atoms with Gasteiger partial charge < -0.3 is 4.74 Å². The summed E-state index contributed by atoms with van der Waals surface area (Å²) >= 11 is 0. The Labute approximate surface area is 45.0 Å². The number of ketones is 1. The highest BCUT2D eigenvalue weighted by Crippen LogP contribution is 2.25. The van der Waals surface area contributed by atoms with Gasteiger partial charge in [0, 0.05) is 0 Å². The third-order valence-corrected chi connectivity index (χ3v) is 1.33. The molecule has 4 heteroatoms. The van der Waals surface area contributed by atoms with Gasteiger partial charge in [-0.05, 0) is 0 Å². The molecule has 0 aromatic heterocycles. The van der Waals surface area contributed by atoms with Gasteiger partial charge in [0.05, 0.1) is 6.54 Å². The van der Waals surface area contributed by atoms with Gasteiger partial charge in [0.1, 0.15) is 0 Å². The van der Waals surface area contributed by atoms with Crippen molar-refractivity contribution in [3.63, 3.8) is 0 Å². The van der Waals surface area contributed by atoms with E-state index in [1.54, 1.807) is 0 Å². The second-order valence-electron chi connectivity index (χ2n) is 1.83. The first-order chi connectivity index (χ1) is 3.79. The summed E-state index contributed by atoms with van der Waals surface area (Å²) in [6.07, 6.45) is -0.864. The van der Waals surface area contributed by atoms with Crippen LogP contribution >= 0.6 is 0 Å². The van der Waals surface area contributed by atoms with Gasteiger partial charge in [-0.15, -0.1) is 0 Å². The summed E-state index contributed by atoms with van der Waals surface area (Å²) in [6.45, 7) is 0.253. The van der Waals surface area contributed by atoms with Crippen molar-refractivity contribution in [2.24, 2.45) is 0 Å². The van der Waals surface area contributed by atoms with Gasteiger partial charge in [0.2, 0.25) is 12.0 Å². The van der Waals surface area contributed by atoms with Gasteiger partial charge in [-0.1, -0.05) is 0 Å². The van der Waals surface area contributed by atoms with Crippen LogP contribution in [0, 0.1) is 0 Å². The summed E-state index contributed by atoms with van der Waals surface area (Å²) in [5.41, 5.74) is 0. The lowest BCUT2D eigenvalue weighted by Gasteiger charge is -2.45. The topological polar surface area (TPSA) is 46.6 Å². The van der Waals surface area contributed by atoms with Crippen LogP contribution in [-0.2, 0) is 9.53 Å². The highest BCUT2D eigenvalue weighted by molar-refractivity contribution is 6.01. The van der Waals surface area contributed by atoms with Gasteiger partial charge >= 0.3 is 6.09 Å². The summed E-state index contributed by atoms with van der Waals surface area (Å²) < 4.78 is 4.39. The lowest BCUT2D eigenvalue weighted by Crippen LogP contribution is -2.70. The van der Waals surface area contributed by atoms with Gasteiger partial charge in [0.25, 0.3) is 0 Å². The molecule has 2 aliphatic heterocycles. The molecule has 0 saturated carbocycles. The molecule has 0 N–H and O–H groups in total. The van der Waals surface area contributed by atoms with E-state index in [0.717, 1.165) is 0 Å². The first kappa shape index (κ1) is 3.88. The quantitative estimate of drug-likeness (QED) is 0.419. The number of fused-ring (bicyclic) bond motifs is 1. The Balaban J connectivity index is 2.15. The molecule has 2 aliphatic rings. The average Bonchev–Trinajstić information content (AvgIpc) is 1.76. The number of ether oxygens (including phenoxy) is 1. The molecule has 1 atom stereocenters. The van der Waals surface area contributed by atoms with E-state index in [4.69, 9.17) is 0 Å². The van der Waals surface area contributed by atoms with Crippen molar-refractivity contribution in [3.05, 3.63) is 0 Å². The number of rotatable bonds is 0. The largest absolute Gasteiger partial charge is 0.417 e. The van der Waals surface area contributed by atoms with Gasteiger partial charge in [0.15, 0.2) is 0 Å². The molecule has 42 valence electrons. The van der Waals surface area contributed by atoms with Crippen LogP contribution in [0.2, 0.25) is 0 Å². The molecule has 0 bridgehead atoms. The molecule has 2 rings (SSSR count). The zero-order valence-corrected chi connectivity index (χ0v) is 3.96. The Kier molecular flexibility index (Phi) is 0.420. The number of amides is 1. The normalized spacial score (nSPS) is 32.5. The number of carbonyl (C=O) groups is 2. The monoisotopic (exact) mass is 113 g/mol. The first-order valence-electron chi connectivity index (χ1n) is 2.29. The summed E-state index contributed by atoms with van der Waals surface area (Å²) in [5, 5.41) is 0. The maximum atomic E-state index is 10.3. The van der Waals surface area contributed by atoms with E-state index in [1.165, 1.54) is 4.90 Å². The minimum absolute atomic E-state index is 0.00426. The van der Waals surface area contributed by atoms with Crippen molar-refractivity contribution in [1.82, 2.24) is 4.90 Å². The minimum Gasteiger partial charge on any atom is -0.417 e. The molecule has 1 unspecified atom stereocenters. The van der Waals surface area contributed by atoms with E-state index < -0.39 is 6.23 Å². The van der Waals surface area contributed by atoms with Crippen LogP contribution in [-0.4, -0.2) is 29.5 Å². The zero-order chi connectivity index (χ0) is 5.72. The number of nitrogens with zero attached hydrogens (tertiary/aromatic N) is 1. The molecule has 2 saturated heterocycles. The van der Waals surface area contributed by atoms with Crippen LogP contribution in [0.25, 0.3) is 0 Å². The van der Waals surface area contributed by atoms with Crippen molar-refractivity contribution in [2.45, 2.75) is 6.23 Å². The summed E-state index contributed by atoms with van der Waals surface area (Å²) in [6, 6.07) is 0. The third kappa shape index (κ3) is 0.214. The van der Waals surface area contributed by atoms with E-state index in [0.29, 0.717) is 0 Å². The summed E-state index contributed by atoms with van der Waals surface area (Å²) in [4.78, 5) is 21.9. The standard InChI is InChI=1S/C4H3NO3/c6-2-1-5-3(2)8-4(5)7/h3H,1H2. The van der Waals surface area contributed by atoms with E-state index in [2.05, 4.69) is 4.74 Å². The van der Waals surface area contributed by atoms with Crippen molar-refractivity contribution in [2.75, 3.05) is 6.54 Å². The molecule has 0 spiro atoms. The Hall–Kier alpha value is -1.06. The Morgan fingerprint density at radius 1 is 1.62 bits per heavy atom. The predicted molar refractivity (Wildman–Crippen MR) is 22.0 cm³/mol. The van der Waals surface area contributed by atoms with Gasteiger partial charge in [-0.3, -0.25) is 9.69 Å². The fourth-order valence-electron chi connectivity index (χ4n) is 0.794. The van der Waals surface area contributed by atoms with Crippen molar-refractivity contribution in [3.8, 4) is 0 Å². The maximum absolute atomic E-state index is 10.3. The molecule has 0 radical (unpaired) electrons. The van der Waals surface area contributed by atoms with Crippen LogP contribution in [0.5, 0.6) is 0 Å². The zero-order valence-electron chi connectivity index (χ0n) is 3.96. The van der Waals surface area contributed by atoms with Crippen molar-refractivity contribution < 1.29 is 14.3 Å². The van der Waals surface area contributed by atoms with Crippen LogP contribution in [0.1, 0.15) is 0 Å². The number of Topliss-reactive ketones (excluding diaryl/α,β-unsaturated/α-hetero) is 1. The molecule has 0 aromatic rings. The smallest absolute Gasteiger partial charge is 0.415 e. The van der Waals surface area contributed by atoms with E-state index >= 15 is 0 Å². The van der Waals surface area contributed by atoms with Crippen molar-refractivity contribution >= 4 is 11.9 Å². The molecular formula is C4H3NO3. The predicted octanol–water partition coefficient (Wildman–Crippen LogP) is -0.653. The highest BCUT2D eigenvalue weighted by atomic mass is 16.6. The molecule has 1 amide bonds. The Bertz CT molecular complexity index is 156. The van der Waals surface area contributed by atoms with Gasteiger partial charge in [-0.2, -0.15) is 0 Å². The van der Waals surface area contributed by atoms with E-state index in [-0.39, 0.29) is 18.4 Å². The van der Waals surface area contributed by atoms with E-state index in [1.807, 2.05) is 0 Å². The molecule has 0 aliphatic carbocycles.